The molecule has 1 saturated carbocycles. The maximum absolute atomic E-state index is 13.9. The van der Waals surface area contributed by atoms with Crippen molar-refractivity contribution in [1.82, 2.24) is 15.2 Å². The summed E-state index contributed by atoms with van der Waals surface area (Å²) in [4.78, 5) is 29.7. The number of hydrogen-bond donors (Lipinski definition) is 3. The largest absolute Gasteiger partial charge is 0.394 e. The van der Waals surface area contributed by atoms with E-state index in [4.69, 9.17) is 10.5 Å². The van der Waals surface area contributed by atoms with Crippen LogP contribution in [0.1, 0.15) is 37.3 Å². The van der Waals surface area contributed by atoms with E-state index >= 15 is 0 Å². The molecule has 1 aromatic rings. The molecule has 0 radical (unpaired) electrons. The van der Waals surface area contributed by atoms with Crippen molar-refractivity contribution >= 4 is 17.8 Å². The van der Waals surface area contributed by atoms with Crippen LogP contribution >= 0.6 is 0 Å². The zero-order chi connectivity index (χ0) is 23.5. The molecule has 3 amide bonds. The van der Waals surface area contributed by atoms with Crippen LogP contribution in [0.15, 0.2) is 29.6 Å². The quantitative estimate of drug-likeness (QED) is 0.448. The van der Waals surface area contributed by atoms with Gasteiger partial charge in [-0.15, -0.1) is 0 Å². The minimum atomic E-state index is -3.11. The lowest BCUT2D eigenvalue weighted by Gasteiger charge is -2.38. The van der Waals surface area contributed by atoms with Gasteiger partial charge in [0.2, 0.25) is 5.92 Å². The van der Waals surface area contributed by atoms with Gasteiger partial charge >= 0.3 is 6.03 Å². The minimum absolute atomic E-state index is 0.0217. The van der Waals surface area contributed by atoms with Gasteiger partial charge < -0.3 is 26.0 Å². The Hall–Kier alpha value is -2.89. The van der Waals surface area contributed by atoms with Crippen molar-refractivity contribution in [3.63, 3.8) is 0 Å². The maximum atomic E-state index is 13.9. The van der Waals surface area contributed by atoms with Crippen LogP contribution < -0.4 is 16.4 Å². The van der Waals surface area contributed by atoms with E-state index in [2.05, 4.69) is 15.6 Å². The lowest BCUT2D eigenvalue weighted by Crippen LogP contribution is -2.58. The summed E-state index contributed by atoms with van der Waals surface area (Å²) in [6.45, 7) is -1.61. The van der Waals surface area contributed by atoms with Gasteiger partial charge in [-0.3, -0.25) is 4.79 Å². The minimum Gasteiger partial charge on any atom is -0.394 e. The zero-order valence-corrected chi connectivity index (χ0v) is 17.5. The molecular weight excluding hydrogens is 434 g/mol. The van der Waals surface area contributed by atoms with Gasteiger partial charge in [0.05, 0.1) is 31.4 Å². The molecule has 8 nitrogen and oxygen atoms in total. The highest BCUT2D eigenvalue weighted by Crippen LogP contribution is 2.36. The average Bonchev–Trinajstić information content (AvgIpc) is 2.73. The number of carbonyl (C=O) groups is 2. The van der Waals surface area contributed by atoms with Crippen molar-refractivity contribution in [1.29, 1.82) is 0 Å². The first-order valence-electron chi connectivity index (χ1n) is 10.1. The van der Waals surface area contributed by atoms with E-state index in [1.807, 2.05) is 0 Å². The molecule has 0 unspecified atom stereocenters. The number of pyridine rings is 1. The van der Waals surface area contributed by atoms with Crippen molar-refractivity contribution in [2.75, 3.05) is 32.1 Å². The molecule has 1 aliphatic heterocycles. The summed E-state index contributed by atoms with van der Waals surface area (Å²) in [6, 6.07) is 1.42. The van der Waals surface area contributed by atoms with Gasteiger partial charge in [0.25, 0.3) is 11.8 Å². The maximum Gasteiger partial charge on any atom is 0.318 e. The third-order valence-corrected chi connectivity index (χ3v) is 5.48. The number of hydrogen-bond acceptors (Lipinski definition) is 5. The van der Waals surface area contributed by atoms with Crippen LogP contribution in [0.3, 0.4) is 0 Å². The van der Waals surface area contributed by atoms with Crippen LogP contribution in [0, 0.1) is 0 Å². The van der Waals surface area contributed by atoms with E-state index in [1.54, 1.807) is 0 Å². The average molecular weight is 459 g/mol. The van der Waals surface area contributed by atoms with E-state index in [1.165, 1.54) is 25.4 Å². The van der Waals surface area contributed by atoms with Gasteiger partial charge in [0.15, 0.2) is 0 Å². The standard InChI is InChI=1S/C20H25F4N5O3/c1-32-9-14(29-11-20(23,24)10-27-18(29)31)13-4-7-26-15(8-13)28-17(30)16(25)12-2-5-19(21,22)6-3-12/h4,7-8,14H,2-3,5-6,9-11,25H2,1H3,(H,27,31)(H,26,28,30)/t14-/m1/s1. The Bertz CT molecular complexity index is 897. The second-order valence-electron chi connectivity index (χ2n) is 7.92. The van der Waals surface area contributed by atoms with Gasteiger partial charge in [-0.1, -0.05) is 0 Å². The van der Waals surface area contributed by atoms with Crippen LogP contribution in [0.4, 0.5) is 28.2 Å². The molecule has 4 N–H and O–H groups in total. The summed E-state index contributed by atoms with van der Waals surface area (Å²) in [5.74, 6) is -6.49. The number of nitrogens with one attached hydrogen (secondary N) is 2. The molecule has 1 atom stereocenters. The van der Waals surface area contributed by atoms with Crippen molar-refractivity contribution in [3.8, 4) is 0 Å². The lowest BCUT2D eigenvalue weighted by atomic mass is 9.90. The molecule has 0 aromatic carbocycles. The molecule has 12 heteroatoms. The third kappa shape index (κ3) is 5.67. The Morgan fingerprint density at radius 2 is 2.00 bits per heavy atom. The van der Waals surface area contributed by atoms with Gasteiger partial charge in [0.1, 0.15) is 5.82 Å². The Kier molecular flexibility index (Phi) is 6.91. The van der Waals surface area contributed by atoms with Gasteiger partial charge in [-0.05, 0) is 36.1 Å². The topological polar surface area (TPSA) is 110 Å². The number of carbonyl (C=O) groups excluding carboxylic acids is 2. The smallest absolute Gasteiger partial charge is 0.318 e. The fourth-order valence-electron chi connectivity index (χ4n) is 3.71. The Morgan fingerprint density at radius 1 is 1.31 bits per heavy atom. The molecular formula is C20H25F4N5O3. The number of nitrogens with two attached hydrogens (primary N) is 1. The van der Waals surface area contributed by atoms with Gasteiger partial charge in [-0.25, -0.2) is 27.3 Å². The molecule has 1 aliphatic carbocycles. The summed E-state index contributed by atoms with van der Waals surface area (Å²) >= 11 is 0. The van der Waals surface area contributed by atoms with Crippen LogP contribution in [-0.2, 0) is 9.53 Å². The monoisotopic (exact) mass is 459 g/mol. The molecule has 2 aliphatic rings. The Balaban J connectivity index is 1.77. The molecule has 1 saturated heterocycles. The van der Waals surface area contributed by atoms with Gasteiger partial charge in [0, 0.05) is 26.1 Å². The van der Waals surface area contributed by atoms with Crippen molar-refractivity contribution in [2.45, 2.75) is 43.6 Å². The fourth-order valence-corrected chi connectivity index (χ4v) is 3.71. The predicted molar refractivity (Wildman–Crippen MR) is 107 cm³/mol. The van der Waals surface area contributed by atoms with E-state index in [9.17, 15) is 27.2 Å². The van der Waals surface area contributed by atoms with Crippen LogP contribution in [0.5, 0.6) is 0 Å². The SMILES string of the molecule is COC[C@H](c1ccnc(NC(=O)C(N)=C2CCC(F)(F)CC2)c1)N1CC(F)(F)CNC1=O. The number of amides is 3. The van der Waals surface area contributed by atoms with Crippen LogP contribution in [-0.4, -0.2) is 60.5 Å². The Labute approximate surface area is 182 Å². The molecule has 2 heterocycles. The molecule has 2 fully saturated rings. The van der Waals surface area contributed by atoms with E-state index in [0.29, 0.717) is 11.1 Å². The zero-order valence-electron chi connectivity index (χ0n) is 17.5. The normalized spacial score (nSPS) is 21.0. The van der Waals surface area contributed by atoms with Crippen molar-refractivity contribution in [3.05, 3.63) is 35.2 Å². The molecule has 0 bridgehead atoms. The number of alkyl halides is 4. The number of anilines is 1. The van der Waals surface area contributed by atoms with E-state index in [0.717, 1.165) is 4.90 Å². The second-order valence-corrected chi connectivity index (χ2v) is 7.92. The van der Waals surface area contributed by atoms with Gasteiger partial charge in [-0.2, -0.15) is 0 Å². The first kappa shape index (κ1) is 23.8. The Morgan fingerprint density at radius 3 is 2.66 bits per heavy atom. The molecule has 1 aromatic heterocycles. The van der Waals surface area contributed by atoms with Crippen LogP contribution in [0.2, 0.25) is 0 Å². The summed E-state index contributed by atoms with van der Waals surface area (Å²) in [5.41, 5.74) is 6.59. The number of methoxy groups -OCH3 is 1. The predicted octanol–water partition coefficient (Wildman–Crippen LogP) is 2.79. The fraction of sp³-hybridized carbons (Fsp3) is 0.550. The number of rotatable bonds is 6. The van der Waals surface area contributed by atoms with Crippen LogP contribution in [0.25, 0.3) is 0 Å². The van der Waals surface area contributed by atoms with E-state index < -0.39 is 42.9 Å². The highest BCUT2D eigenvalue weighted by Gasteiger charge is 2.42. The number of allylic oxidation sites excluding steroid dienone is 1. The molecule has 176 valence electrons. The van der Waals surface area contributed by atoms with Crippen molar-refractivity contribution in [2.24, 2.45) is 5.73 Å². The summed E-state index contributed by atoms with van der Waals surface area (Å²) < 4.78 is 59.5. The van der Waals surface area contributed by atoms with Crippen molar-refractivity contribution < 1.29 is 31.9 Å². The highest BCUT2D eigenvalue weighted by molar-refractivity contribution is 6.03. The molecule has 3 rings (SSSR count). The lowest BCUT2D eigenvalue weighted by molar-refractivity contribution is -0.113. The summed E-state index contributed by atoms with van der Waals surface area (Å²) in [5, 5.41) is 4.65. The summed E-state index contributed by atoms with van der Waals surface area (Å²) in [7, 11) is 1.37. The first-order valence-corrected chi connectivity index (χ1v) is 10.1. The first-order chi connectivity index (χ1) is 15.0. The van der Waals surface area contributed by atoms with E-state index in [-0.39, 0.29) is 43.8 Å². The number of halogens is 4. The number of ether oxygens (including phenoxy) is 1. The highest BCUT2D eigenvalue weighted by atomic mass is 19.3. The number of aromatic nitrogens is 1. The molecule has 32 heavy (non-hydrogen) atoms. The second kappa shape index (κ2) is 9.31. The molecule has 0 spiro atoms. The number of urea groups is 1. The third-order valence-electron chi connectivity index (χ3n) is 5.48. The number of nitrogens with zero attached hydrogens (tertiary/aromatic N) is 2. The summed E-state index contributed by atoms with van der Waals surface area (Å²) in [6.07, 6.45) is 0.649.